The lowest BCUT2D eigenvalue weighted by Gasteiger charge is -2.32. The van der Waals surface area contributed by atoms with Crippen LogP contribution in [-0.2, 0) is 34.4 Å². The highest BCUT2D eigenvalue weighted by Gasteiger charge is 2.41. The first-order valence-corrected chi connectivity index (χ1v) is 13.7. The van der Waals surface area contributed by atoms with E-state index < -0.39 is 17.5 Å². The second-order valence-corrected chi connectivity index (χ2v) is 11.1. The number of likely N-dealkylation sites (tertiary alicyclic amines) is 1. The summed E-state index contributed by atoms with van der Waals surface area (Å²) in [6.07, 6.45) is 2.18. The van der Waals surface area contributed by atoms with Crippen LogP contribution in [0.2, 0.25) is 0 Å². The number of aryl methyl sites for hydroxylation is 2. The van der Waals surface area contributed by atoms with E-state index in [0.717, 1.165) is 59.3 Å². The molecule has 0 bridgehead atoms. The zero-order valence-electron chi connectivity index (χ0n) is 20.9. The van der Waals surface area contributed by atoms with Crippen molar-refractivity contribution in [1.29, 1.82) is 0 Å². The summed E-state index contributed by atoms with van der Waals surface area (Å²) in [6.45, 7) is 2.40. The van der Waals surface area contributed by atoms with Crippen LogP contribution in [0.4, 0.5) is 13.2 Å². The summed E-state index contributed by atoms with van der Waals surface area (Å²) in [7, 11) is 0. The van der Waals surface area contributed by atoms with E-state index in [4.69, 9.17) is 9.82 Å². The highest BCUT2D eigenvalue weighted by Crippen LogP contribution is 2.44. The van der Waals surface area contributed by atoms with Gasteiger partial charge >= 0.3 is 6.18 Å². The van der Waals surface area contributed by atoms with Crippen LogP contribution in [0, 0.1) is 6.92 Å². The van der Waals surface area contributed by atoms with Crippen LogP contribution >= 0.6 is 11.3 Å². The van der Waals surface area contributed by atoms with Gasteiger partial charge in [-0.1, -0.05) is 24.3 Å². The SMILES string of the molecule is Cc1cc(C(F)(F)F)nn1CC(=O)N1CCC(c2nc(C3=CC4(CCCc5ccccc54)ON3)cs2)CC1. The Balaban J connectivity index is 1.09. The van der Waals surface area contributed by atoms with E-state index in [1.807, 2.05) is 5.38 Å². The number of nitrogens with zero attached hydrogens (tertiary/aromatic N) is 4. The van der Waals surface area contributed by atoms with E-state index in [0.29, 0.717) is 18.8 Å². The van der Waals surface area contributed by atoms with Crippen LogP contribution in [0.25, 0.3) is 5.70 Å². The molecule has 1 N–H and O–H groups in total. The molecule has 1 saturated heterocycles. The topological polar surface area (TPSA) is 72.3 Å². The van der Waals surface area contributed by atoms with Crippen molar-refractivity contribution in [2.24, 2.45) is 0 Å². The molecule has 1 aliphatic carbocycles. The van der Waals surface area contributed by atoms with E-state index in [2.05, 4.69) is 40.9 Å². The van der Waals surface area contributed by atoms with Crippen molar-refractivity contribution in [1.82, 2.24) is 25.1 Å². The van der Waals surface area contributed by atoms with Crippen LogP contribution in [0.15, 0.2) is 41.8 Å². The van der Waals surface area contributed by atoms with Crippen molar-refractivity contribution in [2.75, 3.05) is 13.1 Å². The van der Waals surface area contributed by atoms with Gasteiger partial charge in [-0.3, -0.25) is 19.8 Å². The molecule has 1 aromatic carbocycles. The molecular weight excluding hydrogens is 515 g/mol. The van der Waals surface area contributed by atoms with Gasteiger partial charge in [-0.2, -0.15) is 18.3 Å². The largest absolute Gasteiger partial charge is 0.435 e. The zero-order valence-corrected chi connectivity index (χ0v) is 21.7. The number of halogens is 3. The van der Waals surface area contributed by atoms with Gasteiger partial charge < -0.3 is 4.90 Å². The van der Waals surface area contributed by atoms with E-state index in [-0.39, 0.29) is 18.4 Å². The Bertz CT molecular complexity index is 1390. The van der Waals surface area contributed by atoms with Gasteiger partial charge in [0.15, 0.2) is 5.69 Å². The lowest BCUT2D eigenvalue weighted by atomic mass is 9.79. The summed E-state index contributed by atoms with van der Waals surface area (Å²) in [4.78, 5) is 25.5. The molecule has 0 radical (unpaired) electrons. The second-order valence-electron chi connectivity index (χ2n) is 10.2. The molecule has 1 unspecified atom stereocenters. The maximum atomic E-state index is 12.9. The average Bonchev–Trinajstić information content (AvgIpc) is 3.64. The molecule has 4 heterocycles. The normalized spacial score (nSPS) is 21.9. The molecule has 1 atom stereocenters. The van der Waals surface area contributed by atoms with Gasteiger partial charge in [-0.15, -0.1) is 11.3 Å². The summed E-state index contributed by atoms with van der Waals surface area (Å²) >= 11 is 1.61. The number of thiazole rings is 1. The summed E-state index contributed by atoms with van der Waals surface area (Å²) < 4.78 is 40.0. The molecule has 1 fully saturated rings. The van der Waals surface area contributed by atoms with Gasteiger partial charge in [0.25, 0.3) is 0 Å². The molecule has 38 heavy (non-hydrogen) atoms. The van der Waals surface area contributed by atoms with Crippen molar-refractivity contribution in [3.05, 3.63) is 75.0 Å². The van der Waals surface area contributed by atoms with Gasteiger partial charge in [0.1, 0.15) is 12.1 Å². The Morgan fingerprint density at radius 2 is 2.05 bits per heavy atom. The first-order chi connectivity index (χ1) is 18.2. The summed E-state index contributed by atoms with van der Waals surface area (Å²) in [6, 6.07) is 9.39. The number of fused-ring (bicyclic) bond motifs is 2. The Labute approximate surface area is 222 Å². The van der Waals surface area contributed by atoms with Gasteiger partial charge in [0, 0.05) is 30.1 Å². The van der Waals surface area contributed by atoms with Crippen LogP contribution in [0.3, 0.4) is 0 Å². The number of alkyl halides is 3. The monoisotopic (exact) mass is 543 g/mol. The number of hydrogen-bond acceptors (Lipinski definition) is 6. The minimum Gasteiger partial charge on any atom is -0.341 e. The fraction of sp³-hybridized carbons (Fsp3) is 0.444. The van der Waals surface area contributed by atoms with Crippen LogP contribution in [0.5, 0.6) is 0 Å². The highest BCUT2D eigenvalue weighted by molar-refractivity contribution is 7.09. The zero-order chi connectivity index (χ0) is 26.5. The van der Waals surface area contributed by atoms with Crippen LogP contribution < -0.4 is 5.48 Å². The summed E-state index contributed by atoms with van der Waals surface area (Å²) in [5, 5.41) is 6.65. The number of benzene rings is 1. The van der Waals surface area contributed by atoms with Crippen molar-refractivity contribution >= 4 is 22.9 Å². The second kappa shape index (κ2) is 9.53. The maximum Gasteiger partial charge on any atom is 0.435 e. The molecule has 200 valence electrons. The quantitative estimate of drug-likeness (QED) is 0.491. The van der Waals surface area contributed by atoms with Gasteiger partial charge in [0.05, 0.1) is 16.4 Å². The standard InChI is InChI=1S/C27H28F3N5O2S/c1-17-13-23(27(28,29)30)32-35(17)15-24(36)34-11-8-19(9-12-34)25-31-22(16-38-25)21-14-26(37-33-21)10-4-6-18-5-2-3-7-20(18)26/h2-3,5,7,13-14,16,19,33H,4,6,8-12,15H2,1H3. The fourth-order valence-electron chi connectivity index (χ4n) is 5.66. The number of carbonyl (C=O) groups excluding carboxylic acids is 1. The predicted molar refractivity (Wildman–Crippen MR) is 136 cm³/mol. The Kier molecular flexibility index (Phi) is 6.30. The van der Waals surface area contributed by atoms with Crippen molar-refractivity contribution in [2.45, 2.75) is 63.3 Å². The molecule has 2 aromatic heterocycles. The third-order valence-corrected chi connectivity index (χ3v) is 8.75. The lowest BCUT2D eigenvalue weighted by Crippen LogP contribution is -2.40. The number of piperidine rings is 1. The smallest absolute Gasteiger partial charge is 0.341 e. The first-order valence-electron chi connectivity index (χ1n) is 12.8. The van der Waals surface area contributed by atoms with Gasteiger partial charge in [-0.25, -0.2) is 4.98 Å². The molecule has 7 nitrogen and oxygen atoms in total. The number of hydroxylamine groups is 1. The molecule has 3 aliphatic rings. The molecule has 1 spiro atoms. The van der Waals surface area contributed by atoms with Crippen molar-refractivity contribution in [3.8, 4) is 0 Å². The van der Waals surface area contributed by atoms with Gasteiger partial charge in [-0.05, 0) is 62.3 Å². The number of carbonyl (C=O) groups is 1. The molecule has 6 rings (SSSR count). The highest BCUT2D eigenvalue weighted by atomic mass is 32.1. The third kappa shape index (κ3) is 4.62. The van der Waals surface area contributed by atoms with E-state index >= 15 is 0 Å². The number of rotatable bonds is 4. The number of amides is 1. The molecular formula is C27H28F3N5O2S. The van der Waals surface area contributed by atoms with E-state index in [9.17, 15) is 18.0 Å². The number of nitrogens with one attached hydrogen (secondary N) is 1. The number of hydrogen-bond donors (Lipinski definition) is 1. The predicted octanol–water partition coefficient (Wildman–Crippen LogP) is 5.18. The molecule has 0 saturated carbocycles. The lowest BCUT2D eigenvalue weighted by molar-refractivity contribution is -0.142. The number of aromatic nitrogens is 3. The molecule has 3 aromatic rings. The Hall–Kier alpha value is -3.18. The summed E-state index contributed by atoms with van der Waals surface area (Å²) in [5.41, 5.74) is 6.27. The van der Waals surface area contributed by atoms with Crippen LogP contribution in [-0.4, -0.2) is 38.7 Å². The minimum atomic E-state index is -4.53. The third-order valence-electron chi connectivity index (χ3n) is 7.74. The Morgan fingerprint density at radius 3 is 2.82 bits per heavy atom. The minimum absolute atomic E-state index is 0.196. The Morgan fingerprint density at radius 1 is 1.26 bits per heavy atom. The van der Waals surface area contributed by atoms with E-state index in [1.165, 1.54) is 18.1 Å². The molecule has 1 amide bonds. The molecule has 11 heteroatoms. The fourth-order valence-corrected chi connectivity index (χ4v) is 6.65. The van der Waals surface area contributed by atoms with Crippen molar-refractivity contribution < 1.29 is 22.8 Å². The van der Waals surface area contributed by atoms with Crippen LogP contribution in [0.1, 0.15) is 64.8 Å². The first kappa shape index (κ1) is 25.1. The average molecular weight is 544 g/mol. The van der Waals surface area contributed by atoms with Crippen molar-refractivity contribution in [3.63, 3.8) is 0 Å². The summed E-state index contributed by atoms with van der Waals surface area (Å²) in [5.74, 6) is 0.00656. The maximum absolute atomic E-state index is 12.9. The van der Waals surface area contributed by atoms with Gasteiger partial charge in [0.2, 0.25) is 5.91 Å². The molecule has 2 aliphatic heterocycles. The van der Waals surface area contributed by atoms with E-state index in [1.54, 1.807) is 16.2 Å².